The zero-order chi connectivity index (χ0) is 13.9. The molecule has 0 heterocycles. The van der Waals surface area contributed by atoms with E-state index in [2.05, 4.69) is 31.1 Å². The van der Waals surface area contributed by atoms with Crippen LogP contribution in [0.15, 0.2) is 24.3 Å². The summed E-state index contributed by atoms with van der Waals surface area (Å²) in [5.74, 6) is 0.170. The Balaban J connectivity index is 2.26. The monoisotopic (exact) mass is 262 g/mol. The first-order chi connectivity index (χ1) is 9.01. The summed E-state index contributed by atoms with van der Waals surface area (Å²) in [5.41, 5.74) is 7.19. The molecule has 0 amide bonds. The molecule has 1 aliphatic rings. The Morgan fingerprint density at radius 2 is 1.74 bits per heavy atom. The van der Waals surface area contributed by atoms with Crippen LogP contribution in [-0.4, -0.2) is 36.2 Å². The first-order valence-electron chi connectivity index (χ1n) is 7.24. The molecule has 0 unspecified atom stereocenters. The van der Waals surface area contributed by atoms with Crippen molar-refractivity contribution in [3.63, 3.8) is 0 Å². The van der Waals surface area contributed by atoms with Gasteiger partial charge in [-0.2, -0.15) is 0 Å². The van der Waals surface area contributed by atoms with Crippen molar-refractivity contribution < 1.29 is 5.11 Å². The van der Waals surface area contributed by atoms with Crippen LogP contribution in [0.5, 0.6) is 0 Å². The molecule has 0 radical (unpaired) electrons. The van der Waals surface area contributed by atoms with Crippen LogP contribution in [0.2, 0.25) is 0 Å². The number of likely N-dealkylation sites (N-methyl/N-ethyl adjacent to an activating group) is 1. The Kier molecular flexibility index (Phi) is 4.48. The fourth-order valence-corrected chi connectivity index (χ4v) is 3.19. The predicted molar refractivity (Wildman–Crippen MR) is 80.2 cm³/mol. The highest BCUT2D eigenvalue weighted by Gasteiger charge is 2.38. The predicted octanol–water partition coefficient (Wildman–Crippen LogP) is 2.61. The van der Waals surface area contributed by atoms with Crippen LogP contribution >= 0.6 is 0 Å². The summed E-state index contributed by atoms with van der Waals surface area (Å²) in [7, 11) is 4.13. The molecule has 0 aliphatic heterocycles. The lowest BCUT2D eigenvalue weighted by Crippen LogP contribution is -2.42. The zero-order valence-corrected chi connectivity index (χ0v) is 12.1. The van der Waals surface area contributed by atoms with Crippen LogP contribution in [0.4, 0.5) is 5.69 Å². The second-order valence-corrected chi connectivity index (χ2v) is 6.15. The standard InChI is InChI=1S/C16H26N2O/c1-18(2)12-15(13-6-8-14(17)9-7-13)16(19)10-4-3-5-11-16/h6-9,15,19H,3-5,10-12,17H2,1-2H3/t15-/m1/s1. The van der Waals surface area contributed by atoms with Crippen molar-refractivity contribution in [3.8, 4) is 0 Å². The molecule has 0 bridgehead atoms. The van der Waals surface area contributed by atoms with Gasteiger partial charge in [-0.05, 0) is 44.6 Å². The molecule has 0 saturated heterocycles. The minimum Gasteiger partial charge on any atom is -0.399 e. The van der Waals surface area contributed by atoms with Crippen molar-refractivity contribution in [2.24, 2.45) is 0 Å². The number of rotatable bonds is 4. The maximum atomic E-state index is 11.0. The van der Waals surface area contributed by atoms with E-state index in [-0.39, 0.29) is 5.92 Å². The molecule has 1 aromatic rings. The first kappa shape index (κ1) is 14.4. The largest absolute Gasteiger partial charge is 0.399 e. The van der Waals surface area contributed by atoms with Crippen molar-refractivity contribution in [2.45, 2.75) is 43.6 Å². The van der Waals surface area contributed by atoms with Gasteiger partial charge >= 0.3 is 0 Å². The maximum absolute atomic E-state index is 11.0. The Bertz CT molecular complexity index is 394. The molecule has 1 aromatic carbocycles. The molecule has 3 N–H and O–H groups in total. The van der Waals surface area contributed by atoms with Gasteiger partial charge in [-0.25, -0.2) is 0 Å². The van der Waals surface area contributed by atoms with Crippen molar-refractivity contribution in [1.29, 1.82) is 0 Å². The van der Waals surface area contributed by atoms with E-state index in [0.29, 0.717) is 0 Å². The van der Waals surface area contributed by atoms with E-state index in [0.717, 1.165) is 37.9 Å². The third kappa shape index (κ3) is 3.48. The van der Waals surface area contributed by atoms with Crippen molar-refractivity contribution in [2.75, 3.05) is 26.4 Å². The van der Waals surface area contributed by atoms with E-state index in [1.54, 1.807) is 0 Å². The molecule has 0 aromatic heterocycles. The molecule has 0 spiro atoms. The van der Waals surface area contributed by atoms with E-state index in [4.69, 9.17) is 5.73 Å². The number of aliphatic hydroxyl groups is 1. The normalized spacial score (nSPS) is 20.4. The van der Waals surface area contributed by atoms with Crippen molar-refractivity contribution in [3.05, 3.63) is 29.8 Å². The summed E-state index contributed by atoms with van der Waals surface area (Å²) < 4.78 is 0. The van der Waals surface area contributed by atoms with Crippen LogP contribution in [0.1, 0.15) is 43.6 Å². The third-order valence-electron chi connectivity index (χ3n) is 4.25. The van der Waals surface area contributed by atoms with Gasteiger partial charge in [-0.15, -0.1) is 0 Å². The van der Waals surface area contributed by atoms with Gasteiger partial charge in [0.2, 0.25) is 0 Å². The average Bonchev–Trinajstić information content (AvgIpc) is 2.38. The summed E-state index contributed by atoms with van der Waals surface area (Å²) in [5, 5.41) is 11.0. The minimum atomic E-state index is -0.557. The van der Waals surface area contributed by atoms with E-state index >= 15 is 0 Å². The number of anilines is 1. The lowest BCUT2D eigenvalue weighted by molar-refractivity contribution is -0.0277. The Labute approximate surface area is 116 Å². The fraction of sp³-hybridized carbons (Fsp3) is 0.625. The number of nitrogen functional groups attached to an aromatic ring is 1. The van der Waals surface area contributed by atoms with Gasteiger partial charge in [0.15, 0.2) is 0 Å². The van der Waals surface area contributed by atoms with E-state index in [1.807, 2.05) is 12.1 Å². The first-order valence-corrected chi connectivity index (χ1v) is 7.24. The van der Waals surface area contributed by atoms with Crippen molar-refractivity contribution in [1.82, 2.24) is 4.90 Å². The maximum Gasteiger partial charge on any atom is 0.0728 e. The van der Waals surface area contributed by atoms with E-state index in [9.17, 15) is 5.11 Å². The number of nitrogens with zero attached hydrogens (tertiary/aromatic N) is 1. The molecule has 106 valence electrons. The Morgan fingerprint density at radius 1 is 1.16 bits per heavy atom. The van der Waals surface area contributed by atoms with Gasteiger partial charge in [0.25, 0.3) is 0 Å². The summed E-state index contributed by atoms with van der Waals surface area (Å²) >= 11 is 0. The van der Waals surface area contributed by atoms with Crippen LogP contribution in [0.25, 0.3) is 0 Å². The molecule has 2 rings (SSSR count). The molecule has 19 heavy (non-hydrogen) atoms. The molecule has 3 heteroatoms. The zero-order valence-electron chi connectivity index (χ0n) is 12.1. The Hall–Kier alpha value is -1.06. The van der Waals surface area contributed by atoms with E-state index < -0.39 is 5.60 Å². The number of hydrogen-bond donors (Lipinski definition) is 2. The highest BCUT2D eigenvalue weighted by atomic mass is 16.3. The second kappa shape index (κ2) is 5.93. The van der Waals surface area contributed by atoms with Gasteiger partial charge in [0, 0.05) is 18.2 Å². The fourth-order valence-electron chi connectivity index (χ4n) is 3.19. The molecule has 1 saturated carbocycles. The second-order valence-electron chi connectivity index (χ2n) is 6.15. The summed E-state index contributed by atoms with van der Waals surface area (Å²) in [6.45, 7) is 0.875. The molecular formula is C16H26N2O. The van der Waals surface area contributed by atoms with E-state index in [1.165, 1.54) is 12.0 Å². The summed E-state index contributed by atoms with van der Waals surface area (Å²) in [6, 6.07) is 8.00. The number of hydrogen-bond acceptors (Lipinski definition) is 3. The van der Waals surface area contributed by atoms with Crippen LogP contribution in [0.3, 0.4) is 0 Å². The molecule has 1 fully saturated rings. The molecular weight excluding hydrogens is 236 g/mol. The topological polar surface area (TPSA) is 49.5 Å². The number of nitrogens with two attached hydrogens (primary N) is 1. The summed E-state index contributed by atoms with van der Waals surface area (Å²) in [6.07, 6.45) is 5.34. The van der Waals surface area contributed by atoms with Crippen LogP contribution in [0, 0.1) is 0 Å². The van der Waals surface area contributed by atoms with Gasteiger partial charge < -0.3 is 15.7 Å². The smallest absolute Gasteiger partial charge is 0.0728 e. The highest BCUT2D eigenvalue weighted by molar-refractivity contribution is 5.41. The Morgan fingerprint density at radius 3 is 2.26 bits per heavy atom. The van der Waals surface area contributed by atoms with Crippen LogP contribution in [-0.2, 0) is 0 Å². The highest BCUT2D eigenvalue weighted by Crippen LogP contribution is 2.40. The third-order valence-corrected chi connectivity index (χ3v) is 4.25. The SMILES string of the molecule is CN(C)C[C@H](c1ccc(N)cc1)C1(O)CCCCC1. The average molecular weight is 262 g/mol. The quantitative estimate of drug-likeness (QED) is 0.820. The number of benzene rings is 1. The van der Waals surface area contributed by atoms with Gasteiger partial charge in [0.1, 0.15) is 0 Å². The van der Waals surface area contributed by atoms with Crippen LogP contribution < -0.4 is 5.73 Å². The molecule has 1 aliphatic carbocycles. The molecule has 1 atom stereocenters. The molecule has 3 nitrogen and oxygen atoms in total. The minimum absolute atomic E-state index is 0.170. The lowest BCUT2D eigenvalue weighted by Gasteiger charge is -2.40. The summed E-state index contributed by atoms with van der Waals surface area (Å²) in [4.78, 5) is 2.16. The van der Waals surface area contributed by atoms with Gasteiger partial charge in [-0.3, -0.25) is 0 Å². The van der Waals surface area contributed by atoms with Crippen molar-refractivity contribution >= 4 is 5.69 Å². The van der Waals surface area contributed by atoms with Gasteiger partial charge in [-0.1, -0.05) is 31.4 Å². The van der Waals surface area contributed by atoms with Gasteiger partial charge in [0.05, 0.1) is 5.60 Å². The lowest BCUT2D eigenvalue weighted by atomic mass is 9.72.